The largest absolute Gasteiger partial charge is 0.748 e. The fourth-order valence-corrected chi connectivity index (χ4v) is 10.1. The summed E-state index contributed by atoms with van der Waals surface area (Å²) >= 11 is 0. The first kappa shape index (κ1) is 46.4. The molecule has 62 heavy (non-hydrogen) atoms. The molecule has 0 atom stereocenters. The number of nitrogens with zero attached hydrogens (tertiary/aromatic N) is 2. The molecule has 11 nitrogen and oxygen atoms in total. The number of allylic oxidation sites excluding steroid dienone is 8. The Balaban J connectivity index is 1.24. The van der Waals surface area contributed by atoms with E-state index in [1.54, 1.807) is 0 Å². The van der Waals surface area contributed by atoms with Gasteiger partial charge >= 0.3 is 5.97 Å². The lowest BCUT2D eigenvalue weighted by Crippen LogP contribution is -2.28. The van der Waals surface area contributed by atoms with Crippen LogP contribution in [0.25, 0.3) is 21.5 Å². The Hall–Kier alpha value is -5.08. The summed E-state index contributed by atoms with van der Waals surface area (Å²) in [5.74, 6) is -0.740. The smallest absolute Gasteiger partial charge is 0.303 e. The van der Waals surface area contributed by atoms with Gasteiger partial charge in [0.2, 0.25) is 5.69 Å². The molecule has 2 heterocycles. The molecule has 0 unspecified atom stereocenters. The molecule has 13 heteroatoms. The molecule has 2 aliphatic rings. The van der Waals surface area contributed by atoms with E-state index in [1.165, 1.54) is 10.9 Å². The van der Waals surface area contributed by atoms with Crippen molar-refractivity contribution >= 4 is 64.8 Å². The molecule has 0 bridgehead atoms. The van der Waals surface area contributed by atoms with E-state index in [9.17, 15) is 30.7 Å². The summed E-state index contributed by atoms with van der Waals surface area (Å²) in [6, 6.07) is 22.8. The second-order valence-corrected chi connectivity index (χ2v) is 20.3. The zero-order valence-electron chi connectivity index (χ0n) is 36.0. The van der Waals surface area contributed by atoms with Crippen LogP contribution in [0.1, 0.15) is 90.2 Å². The number of carbonyl (C=O) groups is 1. The van der Waals surface area contributed by atoms with Crippen LogP contribution in [0.5, 0.6) is 5.75 Å². The second kappa shape index (κ2) is 19.5. The zero-order valence-corrected chi connectivity index (χ0v) is 37.7. The van der Waals surface area contributed by atoms with Crippen molar-refractivity contribution in [3.63, 3.8) is 0 Å². The summed E-state index contributed by atoms with van der Waals surface area (Å²) in [5.41, 5.74) is 5.80. The lowest BCUT2D eigenvalue weighted by molar-refractivity contribution is -0.438. The highest BCUT2D eigenvalue weighted by Gasteiger charge is 2.45. The van der Waals surface area contributed by atoms with Crippen molar-refractivity contribution in [3.8, 4) is 5.75 Å². The number of anilines is 1. The minimum atomic E-state index is -4.32. The number of hydrogen-bond donors (Lipinski definition) is 2. The molecule has 0 fully saturated rings. The molecule has 0 aromatic heterocycles. The first-order chi connectivity index (χ1) is 29.4. The maximum absolute atomic E-state index is 11.4. The molecule has 0 aliphatic carbocycles. The van der Waals surface area contributed by atoms with Gasteiger partial charge in [0.1, 0.15) is 12.3 Å². The molecule has 0 radical (unpaired) electrons. The highest BCUT2D eigenvalue weighted by atomic mass is 32.2. The van der Waals surface area contributed by atoms with Gasteiger partial charge in [0.25, 0.3) is 10.1 Å². The molecular formula is C49H58N2O9S2. The Bertz CT molecular complexity index is 2690. The number of fused-ring (bicyclic) bond motifs is 6. The number of benzene rings is 4. The standard InChI is InChI=1S/C49H58N2O9S2/c1-48(2)43(50(30-14-17-33-61(54,55)56)41-28-25-36-19-12-13-20-39(36)46(41)48)21-9-6-5-7-10-22-44-49(3,4)47-40-35-38(60-32-16-8-11-23-45(52)53)27-24-37(40)26-29-42(47)51(44)31-15-18-34-62(57,58)59/h5-7,9-10,12-13,19-22,24-29,35H,8,11,14-18,23,30-34H2,1-4H3,(H2-,52,53,54,55,56,57,58,59). The van der Waals surface area contributed by atoms with Crippen LogP contribution in [-0.4, -0.2) is 78.5 Å². The summed E-state index contributed by atoms with van der Waals surface area (Å²) in [5, 5.41) is 13.4. The topological polar surface area (TPSA) is 164 Å². The van der Waals surface area contributed by atoms with Crippen molar-refractivity contribution in [1.82, 2.24) is 0 Å². The Kier molecular flexibility index (Phi) is 14.6. The molecule has 0 spiro atoms. The van der Waals surface area contributed by atoms with Crippen molar-refractivity contribution in [1.29, 1.82) is 0 Å². The summed E-state index contributed by atoms with van der Waals surface area (Å²) in [7, 11) is -8.36. The van der Waals surface area contributed by atoms with Crippen LogP contribution in [0.15, 0.2) is 115 Å². The van der Waals surface area contributed by atoms with E-state index in [2.05, 4.69) is 91.8 Å². The molecule has 2 aliphatic heterocycles. The van der Waals surface area contributed by atoms with E-state index in [0.717, 1.165) is 63.1 Å². The van der Waals surface area contributed by atoms with E-state index in [1.807, 2.05) is 54.6 Å². The van der Waals surface area contributed by atoms with Crippen molar-refractivity contribution in [2.24, 2.45) is 0 Å². The van der Waals surface area contributed by atoms with E-state index in [4.69, 9.17) is 9.84 Å². The third kappa shape index (κ3) is 11.1. The summed E-state index contributed by atoms with van der Waals surface area (Å²) < 4.78 is 74.8. The number of carboxylic acid groups (broad SMARTS) is 1. The fraction of sp³-hybridized carbons (Fsp3) is 0.388. The molecule has 4 aromatic rings. The van der Waals surface area contributed by atoms with Gasteiger partial charge in [0.15, 0.2) is 5.71 Å². The van der Waals surface area contributed by atoms with Crippen LogP contribution < -0.4 is 9.64 Å². The normalized spacial score (nSPS) is 16.8. The molecule has 330 valence electrons. The fourth-order valence-electron chi connectivity index (χ4n) is 9.00. The van der Waals surface area contributed by atoms with Crippen molar-refractivity contribution in [2.45, 2.75) is 89.9 Å². The minimum Gasteiger partial charge on any atom is -0.748 e. The summed E-state index contributed by atoms with van der Waals surface area (Å²) in [4.78, 5) is 13.1. The molecular weight excluding hydrogens is 825 g/mol. The average molecular weight is 883 g/mol. The van der Waals surface area contributed by atoms with Gasteiger partial charge in [0, 0.05) is 59.6 Å². The number of unbranched alkanes of at least 4 members (excludes halogenated alkanes) is 4. The molecule has 2 N–H and O–H groups in total. The number of hydrogen-bond acceptors (Lipinski definition) is 8. The third-order valence-corrected chi connectivity index (χ3v) is 13.5. The SMILES string of the molecule is CC1(C)C(=CC=CC=CC=CC2=[N+](CCCCS(=O)(=O)[O-])c3ccc4ccc(OCCCCCC(=O)O)cc4c3C2(C)C)N(CCCCS(=O)(=O)O)c2ccc3ccccc3c21. The average Bonchev–Trinajstić information content (AvgIpc) is 3.56. The van der Waals surface area contributed by atoms with E-state index < -0.39 is 37.4 Å². The first-order valence-electron chi connectivity index (χ1n) is 21.4. The monoisotopic (exact) mass is 882 g/mol. The van der Waals surface area contributed by atoms with E-state index >= 15 is 0 Å². The predicted octanol–water partition coefficient (Wildman–Crippen LogP) is 9.74. The number of carboxylic acids is 1. The molecule has 6 rings (SSSR count). The summed E-state index contributed by atoms with van der Waals surface area (Å²) in [6.45, 7) is 10.4. The zero-order chi connectivity index (χ0) is 44.7. The van der Waals surface area contributed by atoms with Crippen LogP contribution in [0.2, 0.25) is 0 Å². The van der Waals surface area contributed by atoms with Gasteiger partial charge in [-0.05, 0) is 110 Å². The quantitative estimate of drug-likeness (QED) is 0.0356. The first-order valence-corrected chi connectivity index (χ1v) is 24.5. The Morgan fingerprint density at radius 3 is 2.21 bits per heavy atom. The lowest BCUT2D eigenvalue weighted by atomic mass is 9.79. The van der Waals surface area contributed by atoms with Gasteiger partial charge in [-0.25, -0.2) is 8.42 Å². The number of rotatable bonds is 21. The van der Waals surface area contributed by atoms with Crippen LogP contribution in [-0.2, 0) is 35.9 Å². The van der Waals surface area contributed by atoms with Crippen LogP contribution >= 0.6 is 0 Å². The summed E-state index contributed by atoms with van der Waals surface area (Å²) in [6.07, 6.45) is 18.1. The number of ether oxygens (including phenoxy) is 1. The third-order valence-electron chi connectivity index (χ3n) is 11.9. The molecule has 0 saturated carbocycles. The molecule has 0 amide bonds. The van der Waals surface area contributed by atoms with Crippen LogP contribution in [0, 0.1) is 0 Å². The lowest BCUT2D eigenvalue weighted by Gasteiger charge is -2.27. The van der Waals surface area contributed by atoms with E-state index in [-0.39, 0.29) is 24.0 Å². The Morgan fingerprint density at radius 1 is 0.758 bits per heavy atom. The van der Waals surface area contributed by atoms with Gasteiger partial charge in [-0.2, -0.15) is 13.0 Å². The van der Waals surface area contributed by atoms with Gasteiger partial charge in [0.05, 0.1) is 27.9 Å². The minimum absolute atomic E-state index is 0.150. The van der Waals surface area contributed by atoms with Crippen molar-refractivity contribution in [2.75, 3.05) is 36.1 Å². The van der Waals surface area contributed by atoms with Gasteiger partial charge in [-0.1, -0.05) is 80.6 Å². The van der Waals surface area contributed by atoms with E-state index in [0.29, 0.717) is 45.4 Å². The van der Waals surface area contributed by atoms with Gasteiger partial charge in [-0.3, -0.25) is 9.35 Å². The maximum Gasteiger partial charge on any atom is 0.303 e. The highest BCUT2D eigenvalue weighted by molar-refractivity contribution is 7.85. The predicted molar refractivity (Wildman–Crippen MR) is 248 cm³/mol. The van der Waals surface area contributed by atoms with Crippen molar-refractivity contribution in [3.05, 3.63) is 126 Å². The van der Waals surface area contributed by atoms with Crippen LogP contribution in [0.3, 0.4) is 0 Å². The number of aliphatic carboxylic acids is 1. The Labute approximate surface area is 366 Å². The van der Waals surface area contributed by atoms with Gasteiger partial charge in [-0.15, -0.1) is 0 Å². The molecule has 4 aromatic carbocycles. The van der Waals surface area contributed by atoms with Crippen LogP contribution in [0.4, 0.5) is 11.4 Å². The Morgan fingerprint density at radius 2 is 1.45 bits per heavy atom. The highest BCUT2D eigenvalue weighted by Crippen LogP contribution is 2.51. The molecule has 0 saturated heterocycles. The van der Waals surface area contributed by atoms with Gasteiger partial charge < -0.3 is 19.3 Å². The van der Waals surface area contributed by atoms with Crippen molar-refractivity contribution < 1.29 is 45.2 Å². The maximum atomic E-state index is 11.4. The second-order valence-electron chi connectivity index (χ2n) is 17.2.